The van der Waals surface area contributed by atoms with Crippen LogP contribution in [0, 0.1) is 0 Å². The Labute approximate surface area is 99.8 Å². The normalized spacial score (nSPS) is 11.9. The number of rotatable bonds is 5. The van der Waals surface area contributed by atoms with Gasteiger partial charge >= 0.3 is 6.18 Å². The number of nitrogens with zero attached hydrogens (tertiary/aromatic N) is 4. The predicted molar refractivity (Wildman–Crippen MR) is 56.1 cm³/mol. The molecule has 0 aliphatic rings. The fourth-order valence-corrected chi connectivity index (χ4v) is 1.31. The van der Waals surface area contributed by atoms with Crippen molar-refractivity contribution < 1.29 is 17.9 Å². The van der Waals surface area contributed by atoms with Gasteiger partial charge in [-0.15, -0.1) is 10.2 Å². The maximum absolute atomic E-state index is 11.8. The van der Waals surface area contributed by atoms with Crippen LogP contribution in [0.2, 0.25) is 0 Å². The summed E-state index contributed by atoms with van der Waals surface area (Å²) in [5.41, 5.74) is 0.508. The third-order valence-electron chi connectivity index (χ3n) is 2.02. The summed E-state index contributed by atoms with van der Waals surface area (Å²) in [4.78, 5) is 4.01. The summed E-state index contributed by atoms with van der Waals surface area (Å²) in [6, 6.07) is 0. The van der Waals surface area contributed by atoms with Gasteiger partial charge in [-0.25, -0.2) is 4.98 Å². The van der Waals surface area contributed by atoms with Crippen molar-refractivity contribution in [2.24, 2.45) is 0 Å². The number of aromatic nitrogens is 4. The van der Waals surface area contributed by atoms with Gasteiger partial charge in [0.1, 0.15) is 12.9 Å². The van der Waals surface area contributed by atoms with E-state index in [0.717, 1.165) is 0 Å². The molecule has 0 bridgehead atoms. The molecule has 0 unspecified atom stereocenters. The third kappa shape index (κ3) is 3.29. The lowest BCUT2D eigenvalue weighted by atomic mass is 10.5. The number of hydrogen-bond donors (Lipinski definition) is 1. The minimum Gasteiger partial charge on any atom is -0.370 e. The summed E-state index contributed by atoms with van der Waals surface area (Å²) in [6.07, 6.45) is 0.406. The molecular formula is C9H10F3N5O. The van der Waals surface area contributed by atoms with Gasteiger partial charge in [-0.1, -0.05) is 0 Å². The summed E-state index contributed by atoms with van der Waals surface area (Å²) in [6.45, 7) is -1.12. The van der Waals surface area contributed by atoms with Crippen molar-refractivity contribution in [3.63, 3.8) is 0 Å². The van der Waals surface area contributed by atoms with E-state index in [9.17, 15) is 13.2 Å². The van der Waals surface area contributed by atoms with Gasteiger partial charge in [-0.05, 0) is 0 Å². The fourth-order valence-electron chi connectivity index (χ4n) is 1.31. The van der Waals surface area contributed by atoms with Crippen molar-refractivity contribution in [2.45, 2.75) is 6.18 Å². The van der Waals surface area contributed by atoms with E-state index in [4.69, 9.17) is 0 Å². The quantitative estimate of drug-likeness (QED) is 0.817. The van der Waals surface area contributed by atoms with Crippen molar-refractivity contribution in [2.75, 3.05) is 25.1 Å². The second-order valence-corrected chi connectivity index (χ2v) is 3.43. The highest BCUT2D eigenvalue weighted by atomic mass is 19.4. The zero-order valence-electron chi connectivity index (χ0n) is 9.18. The van der Waals surface area contributed by atoms with E-state index in [-0.39, 0.29) is 13.2 Å². The van der Waals surface area contributed by atoms with Crippen molar-refractivity contribution in [1.82, 2.24) is 19.6 Å². The number of anilines is 1. The zero-order valence-corrected chi connectivity index (χ0v) is 9.18. The van der Waals surface area contributed by atoms with E-state index in [1.807, 2.05) is 0 Å². The maximum atomic E-state index is 11.8. The second-order valence-electron chi connectivity index (χ2n) is 3.43. The van der Waals surface area contributed by atoms with Crippen LogP contribution in [0.1, 0.15) is 0 Å². The molecule has 2 aromatic heterocycles. The summed E-state index contributed by atoms with van der Waals surface area (Å²) >= 11 is 0. The van der Waals surface area contributed by atoms with Crippen molar-refractivity contribution >= 4 is 11.5 Å². The molecule has 18 heavy (non-hydrogen) atoms. The van der Waals surface area contributed by atoms with Gasteiger partial charge in [0.25, 0.3) is 0 Å². The van der Waals surface area contributed by atoms with Crippen molar-refractivity contribution in [3.8, 4) is 0 Å². The van der Waals surface area contributed by atoms with Gasteiger partial charge in [-0.2, -0.15) is 13.2 Å². The van der Waals surface area contributed by atoms with E-state index in [1.165, 1.54) is 12.5 Å². The Balaban J connectivity index is 1.82. The molecule has 0 saturated heterocycles. The Morgan fingerprint density at radius 3 is 3.00 bits per heavy atom. The van der Waals surface area contributed by atoms with Crippen molar-refractivity contribution in [1.29, 1.82) is 0 Å². The first-order chi connectivity index (χ1) is 8.56. The molecule has 0 amide bonds. The lowest BCUT2D eigenvalue weighted by molar-refractivity contribution is -0.172. The highest BCUT2D eigenvalue weighted by Gasteiger charge is 2.27. The van der Waals surface area contributed by atoms with Crippen LogP contribution in [-0.2, 0) is 4.74 Å². The van der Waals surface area contributed by atoms with Gasteiger partial charge in [0, 0.05) is 18.9 Å². The molecule has 2 aromatic rings. The smallest absolute Gasteiger partial charge is 0.370 e. The standard InChI is InChI=1S/C9H10F3N5O/c10-9(11,12)5-18-4-2-14-7-8-16-15-6-17(8)3-1-13-7/h1,3,6H,2,4-5H2,(H,13,14). The third-order valence-corrected chi connectivity index (χ3v) is 2.02. The molecule has 0 saturated carbocycles. The monoisotopic (exact) mass is 261 g/mol. The van der Waals surface area contributed by atoms with Gasteiger partial charge in [-0.3, -0.25) is 4.40 Å². The highest BCUT2D eigenvalue weighted by Crippen LogP contribution is 2.14. The fraction of sp³-hybridized carbons (Fsp3) is 0.444. The molecule has 0 aliphatic heterocycles. The Morgan fingerprint density at radius 1 is 1.39 bits per heavy atom. The molecule has 0 spiro atoms. The number of fused-ring (bicyclic) bond motifs is 1. The largest absolute Gasteiger partial charge is 0.411 e. The number of alkyl halides is 3. The molecule has 6 nitrogen and oxygen atoms in total. The molecule has 0 aromatic carbocycles. The van der Waals surface area contributed by atoms with Crippen LogP contribution in [0.25, 0.3) is 5.65 Å². The lowest BCUT2D eigenvalue weighted by Crippen LogP contribution is -2.20. The van der Waals surface area contributed by atoms with Crippen LogP contribution in [0.4, 0.5) is 19.0 Å². The molecule has 1 N–H and O–H groups in total. The van der Waals surface area contributed by atoms with Gasteiger partial charge in [0.2, 0.25) is 5.65 Å². The second kappa shape index (κ2) is 5.17. The first-order valence-electron chi connectivity index (χ1n) is 5.09. The molecule has 2 heterocycles. The average molecular weight is 261 g/mol. The Bertz CT molecular complexity index is 512. The van der Waals surface area contributed by atoms with Crippen molar-refractivity contribution in [3.05, 3.63) is 18.7 Å². The van der Waals surface area contributed by atoms with E-state index in [0.29, 0.717) is 11.5 Å². The zero-order chi connectivity index (χ0) is 13.0. The van der Waals surface area contributed by atoms with E-state index in [1.54, 1.807) is 10.6 Å². The Hall–Kier alpha value is -1.90. The average Bonchev–Trinajstić information content (AvgIpc) is 2.75. The first kappa shape index (κ1) is 12.6. The molecular weight excluding hydrogens is 251 g/mol. The summed E-state index contributed by atoms with van der Waals surface area (Å²) in [7, 11) is 0. The molecule has 2 rings (SSSR count). The van der Waals surface area contributed by atoms with Gasteiger partial charge in [0.15, 0.2) is 5.82 Å². The minimum absolute atomic E-state index is 0.0730. The SMILES string of the molecule is FC(F)(F)COCCNc1nccn2cnnc12. The number of nitrogens with one attached hydrogen (secondary N) is 1. The van der Waals surface area contributed by atoms with Crippen LogP contribution < -0.4 is 5.32 Å². The van der Waals surface area contributed by atoms with Crippen LogP contribution in [-0.4, -0.2) is 45.5 Å². The molecule has 0 aliphatic carbocycles. The van der Waals surface area contributed by atoms with Crippen LogP contribution in [0.15, 0.2) is 18.7 Å². The minimum atomic E-state index is -4.30. The summed E-state index contributed by atoms with van der Waals surface area (Å²) < 4.78 is 41.5. The van der Waals surface area contributed by atoms with E-state index in [2.05, 4.69) is 25.2 Å². The number of hydrogen-bond acceptors (Lipinski definition) is 5. The Kier molecular flexibility index (Phi) is 3.60. The van der Waals surface area contributed by atoms with Gasteiger partial charge in [0.05, 0.1) is 6.61 Å². The Morgan fingerprint density at radius 2 is 2.22 bits per heavy atom. The molecule has 98 valence electrons. The molecule has 0 radical (unpaired) electrons. The topological polar surface area (TPSA) is 64.3 Å². The first-order valence-corrected chi connectivity index (χ1v) is 5.09. The number of halogens is 3. The lowest BCUT2D eigenvalue weighted by Gasteiger charge is -2.08. The summed E-state index contributed by atoms with van der Waals surface area (Å²) in [5.74, 6) is 0.450. The molecule has 0 atom stereocenters. The molecule has 9 heteroatoms. The highest BCUT2D eigenvalue weighted by molar-refractivity contribution is 5.61. The van der Waals surface area contributed by atoms with Crippen LogP contribution in [0.3, 0.4) is 0 Å². The number of ether oxygens (including phenoxy) is 1. The van der Waals surface area contributed by atoms with Crippen LogP contribution >= 0.6 is 0 Å². The summed E-state index contributed by atoms with van der Waals surface area (Å²) in [5, 5.41) is 10.3. The van der Waals surface area contributed by atoms with E-state index < -0.39 is 12.8 Å². The predicted octanol–water partition coefficient (Wildman–Crippen LogP) is 1.12. The van der Waals surface area contributed by atoms with E-state index >= 15 is 0 Å². The van der Waals surface area contributed by atoms with Crippen LogP contribution in [0.5, 0.6) is 0 Å². The van der Waals surface area contributed by atoms with Gasteiger partial charge < -0.3 is 10.1 Å². The maximum Gasteiger partial charge on any atom is 0.411 e. The molecule has 0 fully saturated rings.